The Hall–Kier alpha value is -2.89. The molecule has 3 rings (SSSR count). The van der Waals surface area contributed by atoms with Crippen LogP contribution in [-0.4, -0.2) is 40.3 Å². The van der Waals surface area contributed by atoms with E-state index < -0.39 is 17.8 Å². The Bertz CT molecular complexity index is 1130. The number of carbonyl (C=O) groups excluding carboxylic acids is 3. The summed E-state index contributed by atoms with van der Waals surface area (Å²) in [6.45, 7) is 3.38. The Kier molecular flexibility index (Phi) is 7.31. The number of anilines is 1. The minimum atomic E-state index is -0.691. The number of esters is 1. The van der Waals surface area contributed by atoms with Crippen molar-refractivity contribution in [1.82, 2.24) is 10.2 Å². The van der Waals surface area contributed by atoms with Crippen molar-refractivity contribution in [2.45, 2.75) is 19.1 Å². The van der Waals surface area contributed by atoms with Crippen molar-refractivity contribution in [2.24, 2.45) is 5.73 Å². The Balaban J connectivity index is 1.68. The Morgan fingerprint density at radius 1 is 1.26 bits per heavy atom. The minimum absolute atomic E-state index is 0.0621. The topological polar surface area (TPSA) is 137 Å². The third-order valence-electron chi connectivity index (χ3n) is 3.93. The monoisotopic (exact) mass is 480 g/mol. The maximum Gasteiger partial charge on any atom is 0.341 e. The van der Waals surface area contributed by atoms with Crippen molar-refractivity contribution in [3.63, 3.8) is 0 Å². The molecule has 1 aromatic carbocycles. The molecule has 0 bridgehead atoms. The molecule has 31 heavy (non-hydrogen) atoms. The van der Waals surface area contributed by atoms with Gasteiger partial charge in [0.25, 0.3) is 11.1 Å². The standard InChI is InChI=1S/C19H17ClN4O5S2/c1-3-28-18(27)13-9(2)14(15(21)26)31-17(13)22-12(25)8-30-19-24-23-16(29-19)10-4-6-11(20)7-5-10/h4-7H,3,8H2,1-2H3,(H2,21,26)(H,22,25). The Morgan fingerprint density at radius 2 is 1.97 bits per heavy atom. The molecule has 9 nitrogen and oxygen atoms in total. The van der Waals surface area contributed by atoms with Crippen LogP contribution in [0.1, 0.15) is 32.5 Å². The first-order chi connectivity index (χ1) is 14.8. The van der Waals surface area contributed by atoms with Crippen LogP contribution in [0.2, 0.25) is 5.02 Å². The van der Waals surface area contributed by atoms with Crippen molar-refractivity contribution in [1.29, 1.82) is 0 Å². The summed E-state index contributed by atoms with van der Waals surface area (Å²) in [6, 6.07) is 6.88. The van der Waals surface area contributed by atoms with E-state index in [0.29, 0.717) is 22.0 Å². The summed E-state index contributed by atoms with van der Waals surface area (Å²) in [5.74, 6) is -1.53. The molecule has 2 heterocycles. The lowest BCUT2D eigenvalue weighted by Gasteiger charge is -2.06. The van der Waals surface area contributed by atoms with Crippen LogP contribution in [0, 0.1) is 6.92 Å². The summed E-state index contributed by atoms with van der Waals surface area (Å²) in [4.78, 5) is 36.5. The van der Waals surface area contributed by atoms with E-state index in [1.807, 2.05) is 0 Å². The van der Waals surface area contributed by atoms with Crippen molar-refractivity contribution >= 4 is 57.5 Å². The fraction of sp³-hybridized carbons (Fsp3) is 0.211. The highest BCUT2D eigenvalue weighted by atomic mass is 35.5. The van der Waals surface area contributed by atoms with Crippen LogP contribution in [0.4, 0.5) is 5.00 Å². The highest BCUT2D eigenvalue weighted by molar-refractivity contribution is 7.99. The molecule has 0 saturated heterocycles. The first-order valence-electron chi connectivity index (χ1n) is 8.92. The third-order valence-corrected chi connectivity index (χ3v) is 6.22. The summed E-state index contributed by atoms with van der Waals surface area (Å²) in [5.41, 5.74) is 6.53. The van der Waals surface area contributed by atoms with Crippen LogP contribution in [0.25, 0.3) is 11.5 Å². The van der Waals surface area contributed by atoms with Gasteiger partial charge in [-0.1, -0.05) is 23.4 Å². The van der Waals surface area contributed by atoms with E-state index in [9.17, 15) is 14.4 Å². The minimum Gasteiger partial charge on any atom is -0.462 e. The van der Waals surface area contributed by atoms with Gasteiger partial charge in [-0.2, -0.15) is 0 Å². The first kappa shape index (κ1) is 22.8. The largest absolute Gasteiger partial charge is 0.462 e. The number of nitrogens with one attached hydrogen (secondary N) is 1. The first-order valence-corrected chi connectivity index (χ1v) is 11.1. The maximum atomic E-state index is 12.4. The van der Waals surface area contributed by atoms with Crippen molar-refractivity contribution in [3.05, 3.63) is 45.3 Å². The van der Waals surface area contributed by atoms with Gasteiger partial charge in [0.2, 0.25) is 11.8 Å². The number of rotatable bonds is 8. The summed E-state index contributed by atoms with van der Waals surface area (Å²) in [6.07, 6.45) is 0. The number of primary amides is 1. The second-order valence-corrected chi connectivity index (χ2v) is 8.45. The average Bonchev–Trinajstić information content (AvgIpc) is 3.32. The molecule has 3 N–H and O–H groups in total. The lowest BCUT2D eigenvalue weighted by Crippen LogP contribution is -2.16. The number of thioether (sulfide) groups is 1. The molecule has 0 aliphatic heterocycles. The summed E-state index contributed by atoms with van der Waals surface area (Å²) >= 11 is 7.81. The van der Waals surface area contributed by atoms with Crippen LogP contribution in [0.3, 0.4) is 0 Å². The molecule has 162 valence electrons. The number of hydrogen-bond donors (Lipinski definition) is 2. The molecule has 0 saturated carbocycles. The molecule has 2 amide bonds. The second-order valence-electron chi connectivity index (χ2n) is 6.06. The van der Waals surface area contributed by atoms with E-state index in [1.54, 1.807) is 38.1 Å². The number of nitrogens with two attached hydrogens (primary N) is 1. The smallest absolute Gasteiger partial charge is 0.341 e. The van der Waals surface area contributed by atoms with Gasteiger partial charge in [0.1, 0.15) is 5.00 Å². The number of amides is 2. The van der Waals surface area contributed by atoms with Gasteiger partial charge in [0.15, 0.2) is 0 Å². The predicted octanol–water partition coefficient (Wildman–Crippen LogP) is 3.77. The zero-order valence-electron chi connectivity index (χ0n) is 16.4. The molecule has 0 spiro atoms. The lowest BCUT2D eigenvalue weighted by molar-refractivity contribution is -0.113. The van der Waals surface area contributed by atoms with E-state index in [4.69, 9.17) is 26.5 Å². The number of hydrogen-bond acceptors (Lipinski definition) is 9. The van der Waals surface area contributed by atoms with Crippen LogP contribution >= 0.6 is 34.7 Å². The molecule has 0 fully saturated rings. The molecular weight excluding hydrogens is 464 g/mol. The van der Waals surface area contributed by atoms with Gasteiger partial charge in [-0.05, 0) is 43.7 Å². The van der Waals surface area contributed by atoms with E-state index >= 15 is 0 Å². The molecular formula is C19H17ClN4O5S2. The number of ether oxygens (including phenoxy) is 1. The normalized spacial score (nSPS) is 10.7. The lowest BCUT2D eigenvalue weighted by atomic mass is 10.1. The van der Waals surface area contributed by atoms with Crippen LogP contribution < -0.4 is 11.1 Å². The summed E-state index contributed by atoms with van der Waals surface area (Å²) in [7, 11) is 0. The number of benzene rings is 1. The fourth-order valence-corrected chi connectivity index (χ4v) is 4.31. The van der Waals surface area contributed by atoms with Gasteiger partial charge in [-0.25, -0.2) is 4.79 Å². The quantitative estimate of drug-likeness (QED) is 0.367. The van der Waals surface area contributed by atoms with Gasteiger partial charge >= 0.3 is 5.97 Å². The van der Waals surface area contributed by atoms with Crippen molar-refractivity contribution < 1.29 is 23.5 Å². The van der Waals surface area contributed by atoms with E-state index in [2.05, 4.69) is 15.5 Å². The van der Waals surface area contributed by atoms with Gasteiger partial charge in [-0.3, -0.25) is 9.59 Å². The van der Waals surface area contributed by atoms with Gasteiger partial charge in [0.05, 0.1) is 22.8 Å². The van der Waals surface area contributed by atoms with Crippen molar-refractivity contribution in [3.8, 4) is 11.5 Å². The molecule has 3 aromatic rings. The molecule has 0 aliphatic rings. The van der Waals surface area contributed by atoms with Crippen LogP contribution in [0.5, 0.6) is 0 Å². The van der Waals surface area contributed by atoms with E-state index in [0.717, 1.165) is 23.1 Å². The molecule has 0 aliphatic carbocycles. The van der Waals surface area contributed by atoms with Gasteiger partial charge in [-0.15, -0.1) is 21.5 Å². The maximum absolute atomic E-state index is 12.4. The van der Waals surface area contributed by atoms with Gasteiger partial charge < -0.3 is 20.2 Å². The SMILES string of the molecule is CCOC(=O)c1c(NC(=O)CSc2nnc(-c3ccc(Cl)cc3)o2)sc(C(N)=O)c1C. The number of carbonyl (C=O) groups is 3. The zero-order chi connectivity index (χ0) is 22.5. The number of halogens is 1. The Labute approximate surface area is 190 Å². The van der Waals surface area contributed by atoms with E-state index in [-0.39, 0.29) is 33.0 Å². The van der Waals surface area contributed by atoms with Crippen LogP contribution in [0.15, 0.2) is 33.9 Å². The fourth-order valence-electron chi connectivity index (χ4n) is 2.55. The van der Waals surface area contributed by atoms with Crippen LogP contribution in [-0.2, 0) is 9.53 Å². The van der Waals surface area contributed by atoms with Gasteiger partial charge in [0, 0.05) is 10.6 Å². The summed E-state index contributed by atoms with van der Waals surface area (Å²) < 4.78 is 10.6. The molecule has 2 aromatic heterocycles. The summed E-state index contributed by atoms with van der Waals surface area (Å²) in [5, 5.41) is 11.5. The number of nitrogens with zero attached hydrogens (tertiary/aromatic N) is 2. The van der Waals surface area contributed by atoms with E-state index in [1.165, 1.54) is 0 Å². The highest BCUT2D eigenvalue weighted by Gasteiger charge is 2.25. The average molecular weight is 481 g/mol. The second kappa shape index (κ2) is 9.94. The number of aromatic nitrogens is 2. The Morgan fingerprint density at radius 3 is 2.61 bits per heavy atom. The zero-order valence-corrected chi connectivity index (χ0v) is 18.8. The highest BCUT2D eigenvalue weighted by Crippen LogP contribution is 2.34. The number of thiophene rings is 1. The third kappa shape index (κ3) is 5.43. The molecule has 0 atom stereocenters. The molecule has 0 unspecified atom stereocenters. The molecule has 0 radical (unpaired) electrons. The molecule has 12 heteroatoms. The predicted molar refractivity (Wildman–Crippen MR) is 118 cm³/mol. The van der Waals surface area contributed by atoms with Crippen molar-refractivity contribution in [2.75, 3.05) is 17.7 Å².